The van der Waals surface area contributed by atoms with Gasteiger partial charge >= 0.3 is 6.18 Å². The van der Waals surface area contributed by atoms with E-state index in [9.17, 15) is 13.2 Å². The summed E-state index contributed by atoms with van der Waals surface area (Å²) in [7, 11) is 0. The molecule has 1 rings (SSSR count). The van der Waals surface area contributed by atoms with Gasteiger partial charge in [-0.3, -0.25) is 0 Å². The van der Waals surface area contributed by atoms with Crippen molar-refractivity contribution in [2.24, 2.45) is 4.99 Å². The van der Waals surface area contributed by atoms with E-state index in [1.807, 2.05) is 22.6 Å². The molecule has 7 heteroatoms. The summed E-state index contributed by atoms with van der Waals surface area (Å²) in [5, 5.41) is -0.968. The summed E-state index contributed by atoms with van der Waals surface area (Å²) in [4.78, 5) is 3.26. The maximum atomic E-state index is 12.1. The largest absolute Gasteiger partial charge is 0.444 e. The summed E-state index contributed by atoms with van der Waals surface area (Å²) in [6, 6.07) is 4.32. The molecular formula is C8H3Cl2F3IN. The molecule has 0 heterocycles. The number of alkyl halides is 3. The Kier molecular flexibility index (Phi) is 4.25. The summed E-state index contributed by atoms with van der Waals surface area (Å²) in [5.41, 5.74) is 0.141. The lowest BCUT2D eigenvalue weighted by atomic mass is 10.3. The van der Waals surface area contributed by atoms with Crippen LogP contribution in [0.5, 0.6) is 0 Å². The Morgan fingerprint density at radius 3 is 2.40 bits per heavy atom. The van der Waals surface area contributed by atoms with E-state index in [0.717, 1.165) is 0 Å². The molecule has 0 radical (unpaired) electrons. The third-order valence-electron chi connectivity index (χ3n) is 1.36. The van der Waals surface area contributed by atoms with Crippen LogP contribution in [0.3, 0.4) is 0 Å². The van der Waals surface area contributed by atoms with Gasteiger partial charge in [0.15, 0.2) is 0 Å². The molecule has 15 heavy (non-hydrogen) atoms. The summed E-state index contributed by atoms with van der Waals surface area (Å²) < 4.78 is 36.7. The summed E-state index contributed by atoms with van der Waals surface area (Å²) in [6.07, 6.45) is -4.62. The first kappa shape index (κ1) is 13.1. The lowest BCUT2D eigenvalue weighted by Crippen LogP contribution is -2.16. The minimum Gasteiger partial charge on any atom is -0.231 e. The van der Waals surface area contributed by atoms with E-state index in [-0.39, 0.29) is 5.69 Å². The maximum absolute atomic E-state index is 12.1. The fourth-order valence-corrected chi connectivity index (χ4v) is 1.82. The zero-order chi connectivity index (χ0) is 11.6. The molecule has 0 N–H and O–H groups in total. The first-order chi connectivity index (χ1) is 6.80. The van der Waals surface area contributed by atoms with Crippen molar-refractivity contribution in [3.63, 3.8) is 0 Å². The Morgan fingerprint density at radius 1 is 1.33 bits per heavy atom. The van der Waals surface area contributed by atoms with Crippen molar-refractivity contribution in [3.8, 4) is 0 Å². The minimum absolute atomic E-state index is 0.141. The molecule has 1 aromatic carbocycles. The molecule has 0 amide bonds. The first-order valence-corrected chi connectivity index (χ1v) is 5.40. The molecule has 0 aliphatic carbocycles. The lowest BCUT2D eigenvalue weighted by Gasteiger charge is -2.04. The van der Waals surface area contributed by atoms with Crippen LogP contribution in [-0.4, -0.2) is 11.3 Å². The van der Waals surface area contributed by atoms with Crippen LogP contribution < -0.4 is 0 Å². The second kappa shape index (κ2) is 4.88. The number of benzene rings is 1. The van der Waals surface area contributed by atoms with Crippen molar-refractivity contribution < 1.29 is 13.2 Å². The number of nitrogens with zero attached hydrogens (tertiary/aromatic N) is 1. The van der Waals surface area contributed by atoms with Gasteiger partial charge in [-0.15, -0.1) is 0 Å². The zero-order valence-corrected chi connectivity index (χ0v) is 10.6. The molecule has 0 aliphatic rings. The smallest absolute Gasteiger partial charge is 0.231 e. The molecule has 0 unspecified atom stereocenters. The van der Waals surface area contributed by atoms with Gasteiger partial charge in [0.25, 0.3) is 0 Å². The summed E-state index contributed by atoms with van der Waals surface area (Å²) >= 11 is 12.5. The predicted octanol–water partition coefficient (Wildman–Crippen LogP) is 4.78. The fraction of sp³-hybridized carbons (Fsp3) is 0.125. The Bertz CT molecular complexity index is 403. The van der Waals surface area contributed by atoms with Crippen LogP contribution in [0.15, 0.2) is 23.2 Å². The minimum atomic E-state index is -4.62. The van der Waals surface area contributed by atoms with Gasteiger partial charge in [-0.1, -0.05) is 23.2 Å². The molecular weight excluding hydrogens is 365 g/mol. The van der Waals surface area contributed by atoms with E-state index < -0.39 is 11.3 Å². The molecule has 0 aliphatic heterocycles. The molecule has 1 nitrogen and oxygen atoms in total. The van der Waals surface area contributed by atoms with Crippen molar-refractivity contribution in [1.29, 1.82) is 0 Å². The summed E-state index contributed by atoms with van der Waals surface area (Å²) in [6.45, 7) is 0. The molecule has 0 atom stereocenters. The fourth-order valence-electron chi connectivity index (χ4n) is 0.741. The monoisotopic (exact) mass is 367 g/mol. The predicted molar refractivity (Wildman–Crippen MR) is 63.2 cm³/mol. The normalized spacial score (nSPS) is 13.1. The topological polar surface area (TPSA) is 12.4 Å². The van der Waals surface area contributed by atoms with Crippen molar-refractivity contribution in [2.75, 3.05) is 0 Å². The highest BCUT2D eigenvalue weighted by molar-refractivity contribution is 14.1. The quantitative estimate of drug-likeness (QED) is 0.500. The van der Waals surface area contributed by atoms with E-state index in [1.165, 1.54) is 18.2 Å². The van der Waals surface area contributed by atoms with E-state index in [1.54, 1.807) is 0 Å². The van der Waals surface area contributed by atoms with E-state index in [4.69, 9.17) is 23.2 Å². The van der Waals surface area contributed by atoms with Gasteiger partial charge < -0.3 is 0 Å². The van der Waals surface area contributed by atoms with Crippen LogP contribution in [0, 0.1) is 3.57 Å². The first-order valence-electron chi connectivity index (χ1n) is 3.57. The van der Waals surface area contributed by atoms with Crippen molar-refractivity contribution in [1.82, 2.24) is 0 Å². The third-order valence-corrected chi connectivity index (χ3v) is 2.76. The maximum Gasteiger partial charge on any atom is 0.444 e. The molecule has 0 aromatic heterocycles. The second-order valence-electron chi connectivity index (χ2n) is 2.50. The highest BCUT2D eigenvalue weighted by Gasteiger charge is 2.34. The van der Waals surface area contributed by atoms with E-state index in [0.29, 0.717) is 8.59 Å². The van der Waals surface area contributed by atoms with Crippen LogP contribution in [0.25, 0.3) is 0 Å². The Balaban J connectivity index is 3.09. The van der Waals surface area contributed by atoms with Gasteiger partial charge in [0.1, 0.15) is 0 Å². The van der Waals surface area contributed by atoms with Gasteiger partial charge in [0, 0.05) is 8.59 Å². The van der Waals surface area contributed by atoms with Crippen LogP contribution >= 0.6 is 45.8 Å². The van der Waals surface area contributed by atoms with Gasteiger partial charge in [-0.2, -0.15) is 13.2 Å². The number of halogens is 6. The van der Waals surface area contributed by atoms with E-state index in [2.05, 4.69) is 4.99 Å². The number of hydrogen-bond donors (Lipinski definition) is 0. The molecule has 0 fully saturated rings. The van der Waals surface area contributed by atoms with Crippen LogP contribution in [0.2, 0.25) is 5.02 Å². The van der Waals surface area contributed by atoms with Crippen LogP contribution in [-0.2, 0) is 0 Å². The summed E-state index contributed by atoms with van der Waals surface area (Å²) in [5.74, 6) is 0. The lowest BCUT2D eigenvalue weighted by molar-refractivity contribution is -0.0558. The highest BCUT2D eigenvalue weighted by Crippen LogP contribution is 2.28. The third kappa shape index (κ3) is 3.81. The van der Waals surface area contributed by atoms with Crippen molar-refractivity contribution in [3.05, 3.63) is 26.8 Å². The molecule has 0 saturated heterocycles. The highest BCUT2D eigenvalue weighted by atomic mass is 127. The number of aliphatic imine (C=N–C) groups is 1. The average molecular weight is 368 g/mol. The Morgan fingerprint density at radius 2 is 1.93 bits per heavy atom. The number of rotatable bonds is 1. The molecule has 0 spiro atoms. The van der Waals surface area contributed by atoms with E-state index >= 15 is 0 Å². The van der Waals surface area contributed by atoms with Gasteiger partial charge in [-0.25, -0.2) is 4.99 Å². The SMILES string of the molecule is FC(F)(F)C(Cl)=Nc1ccc(Cl)cc1I. The molecule has 82 valence electrons. The van der Waals surface area contributed by atoms with Crippen LogP contribution in [0.1, 0.15) is 0 Å². The Labute approximate surface area is 107 Å². The second-order valence-corrected chi connectivity index (χ2v) is 4.45. The Hall–Kier alpha value is -0.0100. The zero-order valence-electron chi connectivity index (χ0n) is 6.95. The van der Waals surface area contributed by atoms with Crippen LogP contribution in [0.4, 0.5) is 18.9 Å². The van der Waals surface area contributed by atoms with Gasteiger partial charge in [-0.05, 0) is 40.8 Å². The van der Waals surface area contributed by atoms with Crippen molar-refractivity contribution in [2.45, 2.75) is 6.18 Å². The molecule has 0 saturated carbocycles. The average Bonchev–Trinajstić information content (AvgIpc) is 2.08. The molecule has 0 bridgehead atoms. The van der Waals surface area contributed by atoms with Crippen molar-refractivity contribution >= 4 is 56.7 Å². The van der Waals surface area contributed by atoms with Gasteiger partial charge in [0.05, 0.1) is 5.69 Å². The standard InChI is InChI=1S/C8H3Cl2F3IN/c9-4-1-2-6(5(14)3-4)15-7(10)8(11,12)13/h1-3H. The molecule has 1 aromatic rings. The number of hydrogen-bond acceptors (Lipinski definition) is 1. The van der Waals surface area contributed by atoms with Gasteiger partial charge in [0.2, 0.25) is 5.17 Å².